The normalized spacial score (nSPS) is 11.6. The monoisotopic (exact) mass is 843 g/mol. The Kier molecular flexibility index (Phi) is 8.70. The molecule has 13 aromatic rings. The van der Waals surface area contributed by atoms with Crippen LogP contribution in [0.25, 0.3) is 123 Å². The number of hydrogen-bond acceptors (Lipinski definition) is 5. The van der Waals surface area contributed by atoms with Gasteiger partial charge in [-0.25, -0.2) is 15.0 Å². The molecule has 0 fully saturated rings. The fraction of sp³-hybridized carbons (Fsp3) is 0. The molecule has 66 heavy (non-hydrogen) atoms. The number of nitrogens with zero attached hydrogens (tertiary/aromatic N) is 7. The highest BCUT2D eigenvalue weighted by molar-refractivity contribution is 6.18. The second-order valence-electron chi connectivity index (χ2n) is 16.5. The number of rotatable bonds is 7. The van der Waals surface area contributed by atoms with E-state index < -0.39 is 0 Å². The van der Waals surface area contributed by atoms with E-state index >= 15 is 0 Å². The van der Waals surface area contributed by atoms with E-state index in [0.29, 0.717) is 17.6 Å². The summed E-state index contributed by atoms with van der Waals surface area (Å²) in [6.07, 6.45) is 0. The molecule has 5 heterocycles. The predicted octanol–water partition coefficient (Wildman–Crippen LogP) is 14.3. The number of fused-ring (bicyclic) bond motifs is 7. The van der Waals surface area contributed by atoms with Crippen LogP contribution < -0.4 is 0 Å². The molecule has 8 aromatic carbocycles. The van der Waals surface area contributed by atoms with E-state index in [0.717, 1.165) is 105 Å². The minimum atomic E-state index is 0.542. The van der Waals surface area contributed by atoms with E-state index in [-0.39, 0.29) is 0 Å². The van der Waals surface area contributed by atoms with Crippen LogP contribution in [-0.4, -0.2) is 34.1 Å². The van der Waals surface area contributed by atoms with Crippen molar-refractivity contribution in [2.45, 2.75) is 0 Å². The Morgan fingerprint density at radius 2 is 0.758 bits per heavy atom. The Balaban J connectivity index is 1.01. The first-order valence-corrected chi connectivity index (χ1v) is 22.1. The highest BCUT2D eigenvalue weighted by Crippen LogP contribution is 2.40. The van der Waals surface area contributed by atoms with Crippen molar-refractivity contribution in [1.29, 1.82) is 0 Å². The van der Waals surface area contributed by atoms with Gasteiger partial charge in [0.2, 0.25) is 5.95 Å². The van der Waals surface area contributed by atoms with Crippen LogP contribution >= 0.6 is 0 Å². The number of para-hydroxylation sites is 3. The van der Waals surface area contributed by atoms with Gasteiger partial charge in [0.05, 0.1) is 39.0 Å². The standard InChI is InChI=1S/C59H37N7/c1-3-14-38(15-4-1)40-26-30-43(31-27-40)57-62-58(44-32-28-41(29-33-44)39-16-5-2-6-17-39)64-59(63-57)66-53-24-12-9-20-46(53)48-36-54-47(37-55(48)66)45-19-8-11-23-52(45)65(54)56-25-13-22-50(61-56)51-35-34-42-18-7-10-21-49(42)60-51/h1-37H. The van der Waals surface area contributed by atoms with Gasteiger partial charge >= 0.3 is 0 Å². The van der Waals surface area contributed by atoms with E-state index in [1.807, 2.05) is 36.4 Å². The lowest BCUT2D eigenvalue weighted by Crippen LogP contribution is -2.06. The van der Waals surface area contributed by atoms with Gasteiger partial charge in [0, 0.05) is 38.1 Å². The summed E-state index contributed by atoms with van der Waals surface area (Å²) in [6, 6.07) is 78.0. The molecule has 0 aliphatic rings. The molecule has 0 amide bonds. The highest BCUT2D eigenvalue weighted by atomic mass is 15.2. The van der Waals surface area contributed by atoms with E-state index in [2.05, 4.69) is 197 Å². The third kappa shape index (κ3) is 6.32. The third-order valence-electron chi connectivity index (χ3n) is 12.6. The second-order valence-corrected chi connectivity index (χ2v) is 16.5. The first-order chi connectivity index (χ1) is 32.7. The summed E-state index contributed by atoms with van der Waals surface area (Å²) >= 11 is 0. The summed E-state index contributed by atoms with van der Waals surface area (Å²) in [5.41, 5.74) is 13.1. The summed E-state index contributed by atoms with van der Waals surface area (Å²) in [6.45, 7) is 0. The van der Waals surface area contributed by atoms with E-state index in [4.69, 9.17) is 24.9 Å². The van der Waals surface area contributed by atoms with Gasteiger partial charge in [0.1, 0.15) is 5.82 Å². The van der Waals surface area contributed by atoms with E-state index in [1.165, 1.54) is 0 Å². The molecule has 0 radical (unpaired) electrons. The van der Waals surface area contributed by atoms with Gasteiger partial charge in [0.15, 0.2) is 11.6 Å². The van der Waals surface area contributed by atoms with Crippen molar-refractivity contribution in [2.75, 3.05) is 0 Å². The van der Waals surface area contributed by atoms with Gasteiger partial charge in [-0.15, -0.1) is 0 Å². The van der Waals surface area contributed by atoms with Crippen LogP contribution in [0.15, 0.2) is 224 Å². The van der Waals surface area contributed by atoms with Gasteiger partial charge in [-0.05, 0) is 70.8 Å². The lowest BCUT2D eigenvalue weighted by atomic mass is 10.0. The van der Waals surface area contributed by atoms with Gasteiger partial charge in [-0.3, -0.25) is 9.13 Å². The summed E-state index contributed by atoms with van der Waals surface area (Å²) in [7, 11) is 0. The topological polar surface area (TPSA) is 74.3 Å². The van der Waals surface area contributed by atoms with Crippen molar-refractivity contribution in [3.05, 3.63) is 224 Å². The zero-order valence-electron chi connectivity index (χ0n) is 35.5. The number of benzene rings is 8. The van der Waals surface area contributed by atoms with Gasteiger partial charge in [0.25, 0.3) is 0 Å². The fourth-order valence-corrected chi connectivity index (χ4v) is 9.40. The maximum atomic E-state index is 5.31. The Morgan fingerprint density at radius 3 is 1.38 bits per heavy atom. The number of hydrogen-bond donors (Lipinski definition) is 0. The lowest BCUT2D eigenvalue weighted by molar-refractivity contribution is 0.954. The van der Waals surface area contributed by atoms with Crippen LogP contribution in [0.2, 0.25) is 0 Å². The molecular weight excluding hydrogens is 807 g/mol. The molecule has 0 aliphatic carbocycles. The molecule has 0 bridgehead atoms. The summed E-state index contributed by atoms with van der Waals surface area (Å²) < 4.78 is 4.48. The van der Waals surface area contributed by atoms with Gasteiger partial charge in [-0.2, -0.15) is 9.97 Å². The zero-order chi connectivity index (χ0) is 43.6. The largest absolute Gasteiger partial charge is 0.294 e. The van der Waals surface area contributed by atoms with E-state index in [9.17, 15) is 0 Å². The molecule has 7 heteroatoms. The SMILES string of the molecule is c1ccc(-c2ccc(-c3nc(-c4ccc(-c5ccccc5)cc4)nc(-n4c5ccccc5c5cc6c(cc54)c4ccccc4n6-c4cccc(-c5ccc6ccccc6n5)n4)n3)cc2)cc1. The molecule has 308 valence electrons. The van der Waals surface area contributed by atoms with Crippen molar-refractivity contribution in [3.63, 3.8) is 0 Å². The number of aromatic nitrogens is 7. The molecule has 0 N–H and O–H groups in total. The Labute approximate surface area is 379 Å². The van der Waals surface area contributed by atoms with Crippen LogP contribution in [0.4, 0.5) is 0 Å². The Morgan fingerprint density at radius 1 is 0.273 bits per heavy atom. The van der Waals surface area contributed by atoms with E-state index in [1.54, 1.807) is 0 Å². The fourth-order valence-electron chi connectivity index (χ4n) is 9.40. The molecule has 7 nitrogen and oxygen atoms in total. The molecule has 5 aromatic heterocycles. The minimum absolute atomic E-state index is 0.542. The molecule has 0 spiro atoms. The van der Waals surface area contributed by atoms with Gasteiger partial charge < -0.3 is 0 Å². The predicted molar refractivity (Wildman–Crippen MR) is 269 cm³/mol. The molecule has 0 atom stereocenters. The maximum Gasteiger partial charge on any atom is 0.238 e. The van der Waals surface area contributed by atoms with Crippen LogP contribution in [-0.2, 0) is 0 Å². The molecule has 0 unspecified atom stereocenters. The van der Waals surface area contributed by atoms with Crippen LogP contribution in [0, 0.1) is 0 Å². The van der Waals surface area contributed by atoms with Gasteiger partial charge in [-0.1, -0.05) is 176 Å². The second kappa shape index (κ2) is 15.3. The summed E-state index contributed by atoms with van der Waals surface area (Å²) in [5.74, 6) is 2.55. The van der Waals surface area contributed by atoms with Crippen LogP contribution in [0.5, 0.6) is 0 Å². The maximum absolute atomic E-state index is 5.31. The Bertz CT molecular complexity index is 3870. The smallest absolute Gasteiger partial charge is 0.238 e. The van der Waals surface area contributed by atoms with Crippen molar-refractivity contribution >= 4 is 54.5 Å². The minimum Gasteiger partial charge on any atom is -0.294 e. The number of pyridine rings is 2. The Hall–Kier alpha value is -9.07. The third-order valence-corrected chi connectivity index (χ3v) is 12.6. The first-order valence-electron chi connectivity index (χ1n) is 22.1. The van der Waals surface area contributed by atoms with Crippen molar-refractivity contribution < 1.29 is 0 Å². The molecule has 0 saturated heterocycles. The average molecular weight is 844 g/mol. The summed E-state index contributed by atoms with van der Waals surface area (Å²) in [4.78, 5) is 26.1. The molecular formula is C59H37N7. The van der Waals surface area contributed by atoms with Crippen molar-refractivity contribution in [1.82, 2.24) is 34.1 Å². The molecule has 0 aliphatic heterocycles. The molecule has 0 saturated carbocycles. The summed E-state index contributed by atoms with van der Waals surface area (Å²) in [5, 5.41) is 5.49. The highest BCUT2D eigenvalue weighted by Gasteiger charge is 2.22. The first kappa shape index (κ1) is 37.5. The van der Waals surface area contributed by atoms with Crippen molar-refractivity contribution in [2.24, 2.45) is 0 Å². The van der Waals surface area contributed by atoms with Crippen LogP contribution in [0.1, 0.15) is 0 Å². The molecule has 13 rings (SSSR count). The lowest BCUT2D eigenvalue weighted by Gasteiger charge is -2.12. The quantitative estimate of drug-likeness (QED) is 0.160. The van der Waals surface area contributed by atoms with Crippen LogP contribution in [0.3, 0.4) is 0 Å². The average Bonchev–Trinajstić information content (AvgIpc) is 3.90. The van der Waals surface area contributed by atoms with Crippen molar-refractivity contribution in [3.8, 4) is 68.2 Å². The zero-order valence-corrected chi connectivity index (χ0v) is 35.5.